The summed E-state index contributed by atoms with van der Waals surface area (Å²) in [5, 5.41) is 62.9. The Hall–Kier alpha value is -13.4. The molecule has 9 aromatic rings. The van der Waals surface area contributed by atoms with Crippen LogP contribution in [-0.4, -0.2) is 225 Å². The molecule has 10 rings (SSSR count). The van der Waals surface area contributed by atoms with Crippen molar-refractivity contribution in [2.45, 2.75) is 120 Å². The van der Waals surface area contributed by atoms with Crippen molar-refractivity contribution in [2.75, 3.05) is 59.1 Å². The Morgan fingerprint density at radius 1 is 0.736 bits per heavy atom. The second-order valence-electron chi connectivity index (χ2n) is 29.0. The molecular weight excluding hydrogens is 1900 g/mol. The van der Waals surface area contributed by atoms with Crippen LogP contribution in [0.4, 0.5) is 27.8 Å². The van der Waals surface area contributed by atoms with Crippen LogP contribution in [0.15, 0.2) is 130 Å². The molecule has 44 nitrogen and oxygen atoms in total. The number of nitrogens with two attached hydrogens (primary N) is 3. The van der Waals surface area contributed by atoms with Gasteiger partial charge in [-0.15, -0.1) is 0 Å². The zero-order valence-corrected chi connectivity index (χ0v) is 75.0. The van der Waals surface area contributed by atoms with Crippen LogP contribution in [0.3, 0.4) is 0 Å². The smallest absolute Gasteiger partial charge is 0.308 e. The Balaban J connectivity index is 0.000000333. The Morgan fingerprint density at radius 3 is 2.05 bits per heavy atom. The second-order valence-corrected chi connectivity index (χ2v) is 34.7. The molecule has 49 heteroatoms. The molecule has 685 valence electrons. The number of nitrogens with one attached hydrogen (secondary N) is 11. The van der Waals surface area contributed by atoms with E-state index in [-0.39, 0.29) is 128 Å². The fourth-order valence-corrected chi connectivity index (χ4v) is 16.6. The van der Waals surface area contributed by atoms with Crippen LogP contribution in [0.5, 0.6) is 5.75 Å². The van der Waals surface area contributed by atoms with Gasteiger partial charge in [-0.3, -0.25) is 67.5 Å². The number of fused-ring (bicyclic) bond motifs is 6. The van der Waals surface area contributed by atoms with Crippen LogP contribution in [0, 0.1) is 6.92 Å². The number of esters is 1. The molecule has 0 fully saturated rings. The number of ether oxygens (including phenoxy) is 2. The minimum Gasteiger partial charge on any atom is -0.426 e. The first-order chi connectivity index (χ1) is 61.1. The summed E-state index contributed by atoms with van der Waals surface area (Å²) < 4.78 is 47.1. The molecule has 6 atom stereocenters. The van der Waals surface area contributed by atoms with Gasteiger partial charge in [0, 0.05) is 113 Å². The number of rotatable bonds is 43. The van der Waals surface area contributed by atoms with Gasteiger partial charge in [-0.1, -0.05) is 42.5 Å². The van der Waals surface area contributed by atoms with Crippen LogP contribution < -0.4 is 97.4 Å². The van der Waals surface area contributed by atoms with Crippen molar-refractivity contribution in [2.24, 2.45) is 21.6 Å². The Morgan fingerprint density at radius 2 is 1.38 bits per heavy atom. The third-order valence-electron chi connectivity index (χ3n) is 18.9. The molecule has 0 saturated carbocycles. The number of nitrogen functional groups attached to an aromatic ring is 1. The molecule has 129 heavy (non-hydrogen) atoms. The summed E-state index contributed by atoms with van der Waals surface area (Å²) >= 11 is -1.53. The molecule has 8 amide bonds. The van der Waals surface area contributed by atoms with Gasteiger partial charge in [0.2, 0.25) is 23.7 Å². The number of carbonyl (C=O) groups is 14. The van der Waals surface area contributed by atoms with E-state index in [0.29, 0.717) is 61.4 Å². The first-order valence-electron chi connectivity index (χ1n) is 39.0. The summed E-state index contributed by atoms with van der Waals surface area (Å²) in [5.74, 6) is -14.8. The summed E-state index contributed by atoms with van der Waals surface area (Å²) in [6.07, 6.45) is -2.40. The van der Waals surface area contributed by atoms with Crippen molar-refractivity contribution in [3.63, 3.8) is 0 Å². The van der Waals surface area contributed by atoms with Gasteiger partial charge in [0.25, 0.3) is 33.4 Å². The van der Waals surface area contributed by atoms with E-state index >= 15 is 0 Å². The number of carboxylic acid groups (broad SMARTS) is 4. The van der Waals surface area contributed by atoms with Gasteiger partial charge in [-0.2, -0.15) is 18.5 Å². The van der Waals surface area contributed by atoms with E-state index in [1.165, 1.54) is 56.1 Å². The first kappa shape index (κ1) is 99.4. The molecule has 5 heterocycles. The maximum atomic E-state index is 14.3. The summed E-state index contributed by atoms with van der Waals surface area (Å²) in [4.78, 5) is 216. The monoisotopic (exact) mass is 1990 g/mol. The molecule has 0 bridgehead atoms. The Bertz CT molecular complexity index is 6010. The van der Waals surface area contributed by atoms with E-state index < -0.39 is 180 Å². The number of aliphatic imine (C=N–C) groups is 1. The quantitative estimate of drug-likeness (QED) is 0.00208. The number of anilines is 4. The number of aliphatic carboxylic acids is 4. The van der Waals surface area contributed by atoms with Crippen molar-refractivity contribution < 1.29 is 151 Å². The first-order valence-corrected chi connectivity index (χ1v) is 43.6. The van der Waals surface area contributed by atoms with Crippen molar-refractivity contribution in [3.05, 3.63) is 161 Å². The molecule has 6 unspecified atom stereocenters. The van der Waals surface area contributed by atoms with Crippen molar-refractivity contribution in [1.29, 1.82) is 0.594 Å². The van der Waals surface area contributed by atoms with E-state index in [0.717, 1.165) is 32.5 Å². The molecule has 21 N–H and O–H groups in total. The van der Waals surface area contributed by atoms with Crippen LogP contribution >= 0.6 is 21.6 Å². The average Bonchev–Trinajstić information content (AvgIpc) is 1.58. The number of aromatic amines is 3. The average molecular weight is 1990 g/mol. The Kier molecular flexibility index (Phi) is 35.7. The molecule has 5 aromatic carbocycles. The summed E-state index contributed by atoms with van der Waals surface area (Å²) in [6.45, 7) is 8.61. The summed E-state index contributed by atoms with van der Waals surface area (Å²) in [7, 11) is -1.98. The number of halogens is 1. The predicted molar refractivity (Wildman–Crippen MR) is 466 cm³/mol. The fraction of sp³-hybridized carbons (Fsp3) is 0.312. The second kappa shape index (κ2) is 46.3. The van der Waals surface area contributed by atoms with Gasteiger partial charge in [0.1, 0.15) is 41.2 Å². The minimum atomic E-state index is -4.05. The van der Waals surface area contributed by atoms with Gasteiger partial charge in [-0.25, -0.2) is 14.8 Å². The van der Waals surface area contributed by atoms with E-state index in [9.17, 15) is 101 Å². The molecule has 1 aliphatic heterocycles. The van der Waals surface area contributed by atoms with E-state index in [4.69, 9.17) is 31.5 Å². The third-order valence-corrected chi connectivity index (χ3v) is 23.7. The largest absolute Gasteiger partial charge is 0.426 e. The molecule has 0 aliphatic carbocycles. The van der Waals surface area contributed by atoms with Gasteiger partial charge in [-0.05, 0) is 97.8 Å². The van der Waals surface area contributed by atoms with Crippen LogP contribution in [0.1, 0.15) is 121 Å². The summed E-state index contributed by atoms with van der Waals surface area (Å²) in [5.41, 5.74) is 22.9. The predicted octanol–water partition coefficient (Wildman–Crippen LogP) is 0.264. The molecule has 4 aromatic heterocycles. The molecule has 0 saturated heterocycles. The van der Waals surface area contributed by atoms with Crippen molar-refractivity contribution in [1.82, 2.24) is 61.9 Å². The van der Waals surface area contributed by atoms with Crippen molar-refractivity contribution in [3.8, 4) is 5.75 Å². The van der Waals surface area contributed by atoms with Gasteiger partial charge >= 0.3 is 169 Å². The van der Waals surface area contributed by atoms with Gasteiger partial charge in [0.15, 0.2) is 17.1 Å². The number of hydrogen-bond acceptors (Lipinski definition) is 29. The summed E-state index contributed by atoms with van der Waals surface area (Å²) in [6, 6.07) is 21.9. The van der Waals surface area contributed by atoms with Crippen LogP contribution in [0.2, 0.25) is 0 Å². The molecular formula is C80H89IN20O24S3V-2. The fourth-order valence-electron chi connectivity index (χ4n) is 12.9. The van der Waals surface area contributed by atoms with Crippen LogP contribution in [0.25, 0.3) is 43.7 Å². The van der Waals surface area contributed by atoms with Gasteiger partial charge in [0.05, 0.1) is 42.9 Å². The van der Waals surface area contributed by atoms with E-state index in [2.05, 4.69) is 89.6 Å². The van der Waals surface area contributed by atoms with E-state index in [1.54, 1.807) is 61.5 Å². The molecule has 0 spiro atoms. The number of carboxylic acids is 4. The topological polar surface area (TPSA) is 687 Å². The minimum absolute atomic E-state index is 0. The zero-order chi connectivity index (χ0) is 94.1. The number of hydrazone groups is 1. The number of carbonyl (C=O) groups excluding carboxylic acids is 10. The number of amides is 8. The van der Waals surface area contributed by atoms with Gasteiger partial charge < -0.3 is 90.4 Å². The number of H-pyrrole nitrogens is 3. The molecule has 1 aliphatic rings. The van der Waals surface area contributed by atoms with Crippen LogP contribution in [-0.2, 0) is 92.1 Å². The maximum Gasteiger partial charge on any atom is 0.308 e. The number of benzene rings is 5. The number of para-hydroxylation sites is 1. The maximum absolute atomic E-state index is 14.3. The normalized spacial score (nSPS) is 13.6. The number of nitrogens with zero attached hydrogens (tertiary/aromatic N) is 6. The third kappa shape index (κ3) is 29.6. The zero-order valence-electron chi connectivity index (χ0n) is 70.0. The molecule has 1 radical (unpaired) electrons. The SMILES string of the molecule is [2H][I-]C(=O)OCCSSC(C)(C)C(NC(=O)C(CC(=O)O)NC(=O)C(CCCN=C(N)N)NC(=O)C(CC(=O)O)NC(=O)CCC(NC(=O)c1ccc(NCc2cnc3nc(N)[nH]c(=O)c3n2)cc1)C(=O)O)C(=O)O.[CH2-]C(=O)N/N=C(\C)CCS(=O)(=O)OCC1CN(C(=O)c2cc3cc(NC(=O)c4cc5ccccc5[nH]4)ccc3[nH]2)c2cc(OC(C)=O)c3ccccc3c21.[V]. The number of hydrogen-bond donors (Lipinski definition) is 18. The number of guanidine groups is 1. The standard InChI is InChI=1S/C41H54IN14O16S2.C39H35N6O8S.V/c1-41(2,74-73-13-12-72-38(42)71)29(37(69)70)54-34(65)24(15-27(60)61)53-32(63)21(4-3-11-46-39(43)44)51-33(64)23(14-26(58)59)50-25(57)10-9-22(36(67)68)52-31(62)18-5-7-19(8-6-18)47-16-20-17-48-30-28(49-20)35(66)56-40(45)55-30;1-22(43-44-23(2)46)14-15-54(50,51)52-21-27-20-45(35-19-36(53-24(3)47)29-9-5-6-10-30(29)37(27)35)39(49)34-18-26-16-28(12-13-32(26)42-34)40-38(48)33-17-25-8-4-7-11-31(25)41-33;/h5-8,17,21-24,29,42,47H,3-4,9-16H2,1-2H3,(H,50,57)(H,51,64)(H,52,62)(H,53,63)(H,54,65)(H,58,59)(H,60,61)(H,67,68)(H,69,70)(H4,43,44,46)(H3,45,48,55,56,66);4-13,16-19,27,41-42H,2,14-15,20-21H2,1,3H3,(H,40,48)(H,44,46);/q2*-1;/b;43-22+;/i42D;;. The van der Waals surface area contributed by atoms with E-state index in [1.807, 2.05) is 30.3 Å². The van der Waals surface area contributed by atoms with Crippen molar-refractivity contribution >= 4 is 191 Å². The Labute approximate surface area is 766 Å². The number of aromatic nitrogens is 6.